The second-order valence-corrected chi connectivity index (χ2v) is 8.64. The Morgan fingerprint density at radius 1 is 1.04 bits per heavy atom. The lowest BCUT2D eigenvalue weighted by Crippen LogP contribution is -2.40. The van der Waals surface area contributed by atoms with Crippen LogP contribution in [0, 0.1) is 17.3 Å². The van der Waals surface area contributed by atoms with Gasteiger partial charge in [0.25, 0.3) is 0 Å². The molecule has 1 amide bonds. The fourth-order valence-electron chi connectivity index (χ4n) is 4.33. The summed E-state index contributed by atoms with van der Waals surface area (Å²) in [5, 5.41) is 3.23. The molecule has 0 spiro atoms. The van der Waals surface area contributed by atoms with Crippen LogP contribution in [0.3, 0.4) is 0 Å². The lowest BCUT2D eigenvalue weighted by molar-refractivity contribution is -0.128. The van der Waals surface area contributed by atoms with Gasteiger partial charge in [-0.05, 0) is 36.8 Å². The van der Waals surface area contributed by atoms with Gasteiger partial charge in [-0.1, -0.05) is 78.0 Å². The number of hydrogen-bond acceptors (Lipinski definition) is 2. The molecule has 1 saturated carbocycles. The van der Waals surface area contributed by atoms with Crippen LogP contribution < -0.4 is 5.32 Å². The summed E-state index contributed by atoms with van der Waals surface area (Å²) in [6.45, 7) is 8.32. The normalized spacial score (nSPS) is 16.5. The van der Waals surface area contributed by atoms with Crippen LogP contribution in [0.4, 0.5) is 5.69 Å². The van der Waals surface area contributed by atoms with Gasteiger partial charge in [0, 0.05) is 23.4 Å². The maximum absolute atomic E-state index is 13.4. The van der Waals surface area contributed by atoms with Crippen LogP contribution in [0.25, 0.3) is 0 Å². The van der Waals surface area contributed by atoms with E-state index >= 15 is 0 Å². The monoisotopic (exact) mass is 371 g/mol. The van der Waals surface area contributed by atoms with Gasteiger partial charge < -0.3 is 5.32 Å². The molecule has 0 heterocycles. The fourth-order valence-corrected chi connectivity index (χ4v) is 4.33. The molecule has 1 fully saturated rings. The highest BCUT2D eigenvalue weighted by Crippen LogP contribution is 2.43. The van der Waals surface area contributed by atoms with Gasteiger partial charge in [-0.2, -0.15) is 0 Å². The lowest BCUT2D eigenvalue weighted by atomic mass is 9.67. The zero-order valence-electron chi connectivity index (χ0n) is 17.6. The van der Waals surface area contributed by atoms with Crippen LogP contribution in [0.15, 0.2) is 24.3 Å². The minimum absolute atomic E-state index is 0.00770. The van der Waals surface area contributed by atoms with E-state index in [0.29, 0.717) is 12.3 Å². The third-order valence-corrected chi connectivity index (χ3v) is 6.40. The summed E-state index contributed by atoms with van der Waals surface area (Å²) in [6.07, 6.45) is 9.12. The van der Waals surface area contributed by atoms with Crippen molar-refractivity contribution in [2.45, 2.75) is 85.5 Å². The fraction of sp³-hybridized carbons (Fsp3) is 0.667. The Balaban J connectivity index is 2.21. The van der Waals surface area contributed by atoms with E-state index < -0.39 is 0 Å². The molecular formula is C24H37NO2. The van der Waals surface area contributed by atoms with E-state index in [4.69, 9.17) is 0 Å². The summed E-state index contributed by atoms with van der Waals surface area (Å²) in [5.74, 6) is 0.986. The second-order valence-electron chi connectivity index (χ2n) is 8.64. The van der Waals surface area contributed by atoms with Crippen LogP contribution in [0.2, 0.25) is 0 Å². The number of anilines is 1. The van der Waals surface area contributed by atoms with E-state index in [1.165, 1.54) is 6.42 Å². The predicted octanol–water partition coefficient (Wildman–Crippen LogP) is 6.17. The van der Waals surface area contributed by atoms with Gasteiger partial charge in [0.2, 0.25) is 5.91 Å². The number of ketones is 1. The van der Waals surface area contributed by atoms with Crippen LogP contribution >= 0.6 is 0 Å². The molecule has 150 valence electrons. The molecule has 0 aliphatic heterocycles. The first-order chi connectivity index (χ1) is 12.9. The Morgan fingerprint density at radius 2 is 1.67 bits per heavy atom. The maximum atomic E-state index is 13.4. The average molecular weight is 372 g/mol. The minimum atomic E-state index is -0.246. The van der Waals surface area contributed by atoms with Crippen molar-refractivity contribution in [3.8, 4) is 0 Å². The predicted molar refractivity (Wildman–Crippen MR) is 113 cm³/mol. The molecule has 1 aromatic rings. The quantitative estimate of drug-likeness (QED) is 0.564. The van der Waals surface area contributed by atoms with Crippen molar-refractivity contribution in [1.29, 1.82) is 0 Å². The number of Topliss-reactive ketones (excluding diaryl/α,β-unsaturated/α-hetero) is 1. The number of carbonyl (C=O) groups is 2. The maximum Gasteiger partial charge on any atom is 0.230 e. The van der Waals surface area contributed by atoms with E-state index in [2.05, 4.69) is 19.2 Å². The zero-order valence-corrected chi connectivity index (χ0v) is 17.6. The van der Waals surface area contributed by atoms with Crippen molar-refractivity contribution in [3.05, 3.63) is 29.8 Å². The van der Waals surface area contributed by atoms with E-state index in [-0.39, 0.29) is 23.0 Å². The zero-order chi connectivity index (χ0) is 19.9. The van der Waals surface area contributed by atoms with Crippen molar-refractivity contribution >= 4 is 17.4 Å². The summed E-state index contributed by atoms with van der Waals surface area (Å²) >= 11 is 0. The molecule has 27 heavy (non-hydrogen) atoms. The van der Waals surface area contributed by atoms with Gasteiger partial charge >= 0.3 is 0 Å². The average Bonchev–Trinajstić information content (AvgIpc) is 2.68. The van der Waals surface area contributed by atoms with Gasteiger partial charge in [-0.3, -0.25) is 9.59 Å². The Kier molecular flexibility index (Phi) is 8.07. The number of para-hydroxylation sites is 1. The third-order valence-electron chi connectivity index (χ3n) is 6.40. The molecule has 2 rings (SSSR count). The van der Waals surface area contributed by atoms with Gasteiger partial charge in [0.05, 0.1) is 0 Å². The summed E-state index contributed by atoms with van der Waals surface area (Å²) < 4.78 is 0. The molecule has 0 saturated heterocycles. The molecule has 0 atom stereocenters. The summed E-state index contributed by atoms with van der Waals surface area (Å²) in [6, 6.07) is 7.78. The first-order valence-corrected chi connectivity index (χ1v) is 10.8. The highest BCUT2D eigenvalue weighted by atomic mass is 16.2. The number of nitrogens with one attached hydrogen (secondary N) is 1. The lowest BCUT2D eigenvalue weighted by Gasteiger charge is -2.38. The van der Waals surface area contributed by atoms with Gasteiger partial charge in [0.15, 0.2) is 0 Å². The Labute approximate surface area is 165 Å². The van der Waals surface area contributed by atoms with E-state index in [1.807, 2.05) is 38.1 Å². The number of hydrogen-bond donors (Lipinski definition) is 1. The molecule has 3 heteroatoms. The second kappa shape index (κ2) is 10.1. The Bertz CT molecular complexity index is 625. The Hall–Kier alpha value is -1.64. The van der Waals surface area contributed by atoms with Crippen LogP contribution in [-0.2, 0) is 16.0 Å². The SMILES string of the molecule is CCC(CC)CC1(C(=O)Nc2ccccc2CC(=O)C(C)C)CCCCC1. The first-order valence-electron chi connectivity index (χ1n) is 10.8. The molecule has 1 aromatic carbocycles. The molecule has 0 aromatic heterocycles. The molecule has 3 nitrogen and oxygen atoms in total. The van der Waals surface area contributed by atoms with E-state index in [0.717, 1.165) is 56.2 Å². The molecular weight excluding hydrogens is 334 g/mol. The molecule has 1 aliphatic rings. The topological polar surface area (TPSA) is 46.2 Å². The molecule has 1 aliphatic carbocycles. The summed E-state index contributed by atoms with van der Waals surface area (Å²) in [5.41, 5.74) is 1.49. The van der Waals surface area contributed by atoms with E-state index in [9.17, 15) is 9.59 Å². The van der Waals surface area contributed by atoms with Crippen molar-refractivity contribution < 1.29 is 9.59 Å². The van der Waals surface area contributed by atoms with Crippen LogP contribution in [-0.4, -0.2) is 11.7 Å². The standard InChI is InChI=1S/C24H37NO2/c1-5-19(6-2)17-24(14-10-7-11-15-24)23(27)25-21-13-9-8-12-20(21)16-22(26)18(3)4/h8-9,12-13,18-19H,5-7,10-11,14-17H2,1-4H3,(H,25,27). The summed E-state index contributed by atoms with van der Waals surface area (Å²) in [7, 11) is 0. The number of amides is 1. The summed E-state index contributed by atoms with van der Waals surface area (Å²) in [4.78, 5) is 25.7. The molecule has 1 N–H and O–H groups in total. The Morgan fingerprint density at radius 3 is 2.26 bits per heavy atom. The minimum Gasteiger partial charge on any atom is -0.325 e. The van der Waals surface area contributed by atoms with Crippen LogP contribution in [0.5, 0.6) is 0 Å². The van der Waals surface area contributed by atoms with Crippen molar-refractivity contribution in [2.24, 2.45) is 17.3 Å². The van der Waals surface area contributed by atoms with Crippen molar-refractivity contribution in [3.63, 3.8) is 0 Å². The number of benzene rings is 1. The molecule has 0 radical (unpaired) electrons. The highest BCUT2D eigenvalue weighted by Gasteiger charge is 2.40. The number of carbonyl (C=O) groups excluding carboxylic acids is 2. The van der Waals surface area contributed by atoms with Crippen molar-refractivity contribution in [1.82, 2.24) is 0 Å². The van der Waals surface area contributed by atoms with Gasteiger partial charge in [0.1, 0.15) is 5.78 Å². The van der Waals surface area contributed by atoms with Gasteiger partial charge in [-0.25, -0.2) is 0 Å². The third kappa shape index (κ3) is 5.67. The van der Waals surface area contributed by atoms with Gasteiger partial charge in [-0.15, -0.1) is 0 Å². The largest absolute Gasteiger partial charge is 0.325 e. The van der Waals surface area contributed by atoms with Crippen molar-refractivity contribution in [2.75, 3.05) is 5.32 Å². The van der Waals surface area contributed by atoms with Crippen LogP contribution in [0.1, 0.15) is 84.6 Å². The highest BCUT2D eigenvalue weighted by molar-refractivity contribution is 5.97. The molecule has 0 bridgehead atoms. The first kappa shape index (κ1) is 21.7. The van der Waals surface area contributed by atoms with E-state index in [1.54, 1.807) is 0 Å². The smallest absolute Gasteiger partial charge is 0.230 e. The number of rotatable bonds is 9. The molecule has 0 unspecified atom stereocenters.